The number of aromatic nitrogens is 2. The van der Waals surface area contributed by atoms with E-state index in [0.717, 1.165) is 17.0 Å². The minimum absolute atomic E-state index is 0.0229. The number of aliphatic hydroxyl groups is 1. The summed E-state index contributed by atoms with van der Waals surface area (Å²) >= 11 is 4.51. The molecule has 0 amide bonds. The van der Waals surface area contributed by atoms with Crippen LogP contribution in [-0.2, 0) is 30.8 Å². The van der Waals surface area contributed by atoms with E-state index >= 15 is 0 Å². The van der Waals surface area contributed by atoms with Crippen molar-refractivity contribution in [2.75, 3.05) is 20.8 Å². The van der Waals surface area contributed by atoms with Gasteiger partial charge in [-0.05, 0) is 41.1 Å². The summed E-state index contributed by atoms with van der Waals surface area (Å²) in [5, 5.41) is 12.8. The number of carbonyl (C=O) groups is 2. The highest BCUT2D eigenvalue weighted by Crippen LogP contribution is 2.31. The van der Waals surface area contributed by atoms with Gasteiger partial charge in [-0.1, -0.05) is 17.7 Å². The summed E-state index contributed by atoms with van der Waals surface area (Å²) in [5.41, 5.74) is 0.911. The van der Waals surface area contributed by atoms with Crippen LogP contribution < -0.4 is 0 Å². The van der Waals surface area contributed by atoms with Gasteiger partial charge in [0.2, 0.25) is 10.0 Å². The van der Waals surface area contributed by atoms with Gasteiger partial charge in [0.25, 0.3) is 0 Å². The second kappa shape index (κ2) is 11.4. The zero-order valence-electron chi connectivity index (χ0n) is 19.0. The molecule has 2 heterocycles. The molecular weight excluding hydrogens is 562 g/mol. The Hall–Kier alpha value is -2.71. The third kappa shape index (κ3) is 6.11. The molecule has 1 N–H and O–H groups in total. The lowest BCUT2D eigenvalue weighted by Gasteiger charge is -2.23. The molecule has 0 aliphatic rings. The SMILES string of the molecule is COC(=O)CN(Cc1nc(C(O)c2nccs2)c(Br)cc1C(=O)OC)S(=O)(=O)c1ccc(C)cc1. The van der Waals surface area contributed by atoms with E-state index in [-0.39, 0.29) is 21.8 Å². The van der Waals surface area contributed by atoms with E-state index < -0.39 is 41.2 Å². The van der Waals surface area contributed by atoms with Gasteiger partial charge in [0.1, 0.15) is 17.7 Å². The first-order valence-corrected chi connectivity index (χ1v) is 13.2. The lowest BCUT2D eigenvalue weighted by Crippen LogP contribution is -2.36. The molecular formula is C22H22BrN3O7S2. The fourth-order valence-electron chi connectivity index (χ4n) is 3.09. The van der Waals surface area contributed by atoms with Crippen molar-refractivity contribution in [2.24, 2.45) is 0 Å². The van der Waals surface area contributed by atoms with Crippen LogP contribution >= 0.6 is 27.3 Å². The van der Waals surface area contributed by atoms with E-state index in [1.165, 1.54) is 42.8 Å². The Morgan fingerprint density at radius 1 is 1.20 bits per heavy atom. The number of ether oxygens (including phenoxy) is 2. The van der Waals surface area contributed by atoms with Crippen LogP contribution in [0.2, 0.25) is 0 Å². The monoisotopic (exact) mass is 583 g/mol. The maximum Gasteiger partial charge on any atom is 0.339 e. The van der Waals surface area contributed by atoms with Crippen LogP contribution in [-0.4, -0.2) is 60.5 Å². The van der Waals surface area contributed by atoms with Crippen LogP contribution in [0.15, 0.2) is 51.3 Å². The number of hydrogen-bond donors (Lipinski definition) is 1. The van der Waals surface area contributed by atoms with Gasteiger partial charge in [0.15, 0.2) is 0 Å². The average molecular weight is 584 g/mol. The van der Waals surface area contributed by atoms with Gasteiger partial charge in [0.05, 0.1) is 42.6 Å². The minimum Gasteiger partial charge on any atom is -0.468 e. The Kier molecular flexibility index (Phi) is 8.72. The van der Waals surface area contributed by atoms with Gasteiger partial charge in [-0.2, -0.15) is 4.31 Å². The highest BCUT2D eigenvalue weighted by atomic mass is 79.9. The molecule has 3 aromatic rings. The smallest absolute Gasteiger partial charge is 0.339 e. The lowest BCUT2D eigenvalue weighted by atomic mass is 10.1. The van der Waals surface area contributed by atoms with Crippen LogP contribution in [0, 0.1) is 6.92 Å². The number of sulfonamides is 1. The van der Waals surface area contributed by atoms with Gasteiger partial charge >= 0.3 is 11.9 Å². The third-order valence-corrected chi connectivity index (χ3v) is 8.22. The Morgan fingerprint density at radius 2 is 1.89 bits per heavy atom. The van der Waals surface area contributed by atoms with E-state index in [4.69, 9.17) is 4.74 Å². The molecule has 0 saturated carbocycles. The van der Waals surface area contributed by atoms with Crippen LogP contribution in [0.5, 0.6) is 0 Å². The molecule has 35 heavy (non-hydrogen) atoms. The van der Waals surface area contributed by atoms with Crippen molar-refractivity contribution in [2.45, 2.75) is 24.5 Å². The molecule has 0 fully saturated rings. The molecule has 10 nitrogen and oxygen atoms in total. The van der Waals surface area contributed by atoms with Crippen LogP contribution in [0.1, 0.15) is 38.4 Å². The molecule has 2 aromatic heterocycles. The predicted octanol–water partition coefficient (Wildman–Crippen LogP) is 2.84. The number of benzene rings is 1. The quantitative estimate of drug-likeness (QED) is 0.377. The molecule has 1 atom stereocenters. The molecule has 0 radical (unpaired) electrons. The Bertz CT molecular complexity index is 1310. The first-order valence-electron chi connectivity index (χ1n) is 10.1. The van der Waals surface area contributed by atoms with Gasteiger partial charge in [-0.15, -0.1) is 11.3 Å². The summed E-state index contributed by atoms with van der Waals surface area (Å²) in [6.07, 6.45) is 0.283. The molecule has 1 unspecified atom stereocenters. The highest BCUT2D eigenvalue weighted by Gasteiger charge is 2.31. The first kappa shape index (κ1) is 26.9. The molecule has 0 bridgehead atoms. The molecule has 3 rings (SSSR count). The summed E-state index contributed by atoms with van der Waals surface area (Å²) in [4.78, 5) is 33.0. The summed E-state index contributed by atoms with van der Waals surface area (Å²) in [7, 11) is -1.89. The molecule has 0 aliphatic carbocycles. The van der Waals surface area contributed by atoms with Crippen molar-refractivity contribution < 1.29 is 32.6 Å². The number of aliphatic hydroxyl groups excluding tert-OH is 1. The van der Waals surface area contributed by atoms with Gasteiger partial charge in [-0.25, -0.2) is 18.2 Å². The second-order valence-corrected chi connectivity index (χ2v) is 11.0. The standard InChI is InChI=1S/C22H22BrN3O7S2/c1-13-4-6-14(7-5-13)35(30,31)26(12-18(27)32-2)11-17-15(22(29)33-3)10-16(23)19(25-17)20(28)21-24-8-9-34-21/h4-10,20,28H,11-12H2,1-3H3. The summed E-state index contributed by atoms with van der Waals surface area (Å²) in [5.74, 6) is -1.57. The topological polar surface area (TPSA) is 136 Å². The molecule has 0 aliphatic heterocycles. The van der Waals surface area contributed by atoms with Crippen LogP contribution in [0.25, 0.3) is 0 Å². The number of thiazole rings is 1. The first-order chi connectivity index (χ1) is 16.6. The van der Waals surface area contributed by atoms with Crippen molar-refractivity contribution in [1.29, 1.82) is 0 Å². The van der Waals surface area contributed by atoms with Gasteiger partial charge < -0.3 is 14.6 Å². The summed E-state index contributed by atoms with van der Waals surface area (Å²) in [6.45, 7) is 0.711. The third-order valence-electron chi connectivity index (χ3n) is 4.95. The number of carbonyl (C=O) groups excluding carboxylic acids is 2. The Labute approximate surface area is 214 Å². The Balaban J connectivity index is 2.12. The van der Waals surface area contributed by atoms with Gasteiger partial charge in [0, 0.05) is 16.0 Å². The molecule has 0 spiro atoms. The maximum atomic E-state index is 13.4. The second-order valence-electron chi connectivity index (χ2n) is 7.28. The van der Waals surface area contributed by atoms with Crippen LogP contribution in [0.4, 0.5) is 0 Å². The minimum atomic E-state index is -4.20. The number of hydrogen-bond acceptors (Lipinski definition) is 10. The number of esters is 2. The highest BCUT2D eigenvalue weighted by molar-refractivity contribution is 9.10. The number of aryl methyl sites for hydroxylation is 1. The predicted molar refractivity (Wildman–Crippen MR) is 130 cm³/mol. The summed E-state index contributed by atoms with van der Waals surface area (Å²) in [6, 6.07) is 7.48. The van der Waals surface area contributed by atoms with Crippen molar-refractivity contribution in [3.05, 3.63) is 73.9 Å². The van der Waals surface area contributed by atoms with Crippen molar-refractivity contribution in [3.63, 3.8) is 0 Å². The van der Waals surface area contributed by atoms with E-state index in [1.54, 1.807) is 17.5 Å². The average Bonchev–Trinajstić information content (AvgIpc) is 3.38. The largest absolute Gasteiger partial charge is 0.468 e. The normalized spacial score (nSPS) is 12.4. The van der Waals surface area contributed by atoms with E-state index in [2.05, 4.69) is 30.6 Å². The fraction of sp³-hybridized carbons (Fsp3) is 0.273. The Morgan fingerprint density at radius 3 is 2.46 bits per heavy atom. The number of methoxy groups -OCH3 is 2. The van der Waals surface area contributed by atoms with E-state index in [1.807, 2.05) is 6.92 Å². The lowest BCUT2D eigenvalue weighted by molar-refractivity contribution is -0.140. The van der Waals surface area contributed by atoms with Crippen LogP contribution in [0.3, 0.4) is 0 Å². The van der Waals surface area contributed by atoms with Crippen molar-refractivity contribution in [1.82, 2.24) is 14.3 Å². The van der Waals surface area contributed by atoms with Crippen molar-refractivity contribution in [3.8, 4) is 0 Å². The fourth-order valence-corrected chi connectivity index (χ4v) is 5.59. The molecule has 1 aromatic carbocycles. The zero-order chi connectivity index (χ0) is 25.8. The maximum absolute atomic E-state index is 13.4. The number of nitrogens with zero attached hydrogens (tertiary/aromatic N) is 3. The number of halogens is 1. The molecule has 0 saturated heterocycles. The zero-order valence-corrected chi connectivity index (χ0v) is 22.2. The molecule has 13 heteroatoms. The van der Waals surface area contributed by atoms with Crippen molar-refractivity contribution >= 4 is 49.2 Å². The molecule has 186 valence electrons. The summed E-state index contributed by atoms with van der Waals surface area (Å²) < 4.78 is 37.5. The van der Waals surface area contributed by atoms with Gasteiger partial charge in [-0.3, -0.25) is 9.78 Å². The number of rotatable bonds is 9. The van der Waals surface area contributed by atoms with E-state index in [9.17, 15) is 23.1 Å². The number of pyridine rings is 1. The van der Waals surface area contributed by atoms with E-state index in [0.29, 0.717) is 9.48 Å².